The molecule has 0 heterocycles. The van der Waals surface area contributed by atoms with Gasteiger partial charge in [-0.3, -0.25) is 5.21 Å². The van der Waals surface area contributed by atoms with Crippen molar-refractivity contribution in [1.82, 2.24) is 10.4 Å². The topological polar surface area (TPSA) is 73.9 Å². The molecule has 0 unspecified atom stereocenters. The lowest BCUT2D eigenvalue weighted by atomic mass is 10.8. The molecule has 48 valence electrons. The van der Waals surface area contributed by atoms with E-state index in [0.29, 0.717) is 0 Å². The number of rotatable bonds is 0. The molecule has 0 atom stereocenters. The molecular weight excluding hydrogens is 108 g/mol. The van der Waals surface area contributed by atoms with Crippen LogP contribution in [0.3, 0.4) is 0 Å². The van der Waals surface area contributed by atoms with Crippen LogP contribution < -0.4 is 11.3 Å². The normalized spacial score (nSPS) is 11.1. The number of hydrazone groups is 1. The Morgan fingerprint density at radius 2 is 2.25 bits per heavy atom. The Morgan fingerprint density at radius 1 is 1.75 bits per heavy atom. The molecule has 0 saturated heterocycles. The molecule has 0 aliphatic rings. The Bertz CT molecular complexity index is 89.3. The van der Waals surface area contributed by atoms with E-state index in [0.717, 1.165) is 0 Å². The Hall–Kier alpha value is -0.970. The average Bonchev–Trinajstić information content (AvgIpc) is 1.69. The van der Waals surface area contributed by atoms with Crippen molar-refractivity contribution >= 4 is 5.96 Å². The van der Waals surface area contributed by atoms with Gasteiger partial charge in [-0.2, -0.15) is 0 Å². The van der Waals surface area contributed by atoms with Crippen molar-refractivity contribution < 1.29 is 5.21 Å². The summed E-state index contributed by atoms with van der Waals surface area (Å²) in [5, 5.41) is 11.4. The van der Waals surface area contributed by atoms with Crippen LogP contribution in [0.1, 0.15) is 0 Å². The summed E-state index contributed by atoms with van der Waals surface area (Å²) < 4.78 is 0. The molecule has 0 aromatic heterocycles. The predicted octanol–water partition coefficient (Wildman–Crippen LogP) is -1.24. The van der Waals surface area contributed by atoms with Gasteiger partial charge in [0.25, 0.3) is 0 Å². The van der Waals surface area contributed by atoms with E-state index < -0.39 is 0 Å². The molecule has 5 nitrogen and oxygen atoms in total. The number of hydrogen-bond donors (Lipinski definition) is 3. The zero-order valence-electron chi connectivity index (χ0n) is 4.92. The Balaban J connectivity index is 3.72. The van der Waals surface area contributed by atoms with Gasteiger partial charge in [0.2, 0.25) is 5.96 Å². The second kappa shape index (κ2) is 3.09. The van der Waals surface area contributed by atoms with Gasteiger partial charge in [-0.1, -0.05) is 0 Å². The van der Waals surface area contributed by atoms with Gasteiger partial charge in [-0.15, -0.1) is 5.10 Å². The minimum atomic E-state index is 0.227. The number of hydrogen-bond acceptors (Lipinski definition) is 3. The molecule has 0 bridgehead atoms. The van der Waals surface area contributed by atoms with Crippen molar-refractivity contribution in [3.63, 3.8) is 0 Å². The fourth-order valence-electron chi connectivity index (χ4n) is 0.244. The van der Waals surface area contributed by atoms with Gasteiger partial charge in [0, 0.05) is 14.1 Å². The van der Waals surface area contributed by atoms with E-state index in [4.69, 9.17) is 11.0 Å². The number of nitrogens with zero attached hydrogens (tertiary/aromatic N) is 2. The van der Waals surface area contributed by atoms with Crippen LogP contribution in [-0.2, 0) is 0 Å². The van der Waals surface area contributed by atoms with E-state index in [2.05, 4.69) is 5.10 Å². The molecule has 8 heavy (non-hydrogen) atoms. The summed E-state index contributed by atoms with van der Waals surface area (Å²) in [5.41, 5.74) is 1.80. The van der Waals surface area contributed by atoms with Gasteiger partial charge in [0.05, 0.1) is 0 Å². The van der Waals surface area contributed by atoms with Gasteiger partial charge >= 0.3 is 0 Å². The van der Waals surface area contributed by atoms with Crippen molar-refractivity contribution in [2.75, 3.05) is 14.1 Å². The van der Waals surface area contributed by atoms with Crippen LogP contribution in [0.2, 0.25) is 0 Å². The fraction of sp³-hybridized carbons (Fsp3) is 0.667. The van der Waals surface area contributed by atoms with E-state index in [9.17, 15) is 0 Å². The molecule has 0 rings (SSSR count). The van der Waals surface area contributed by atoms with Gasteiger partial charge in [0.15, 0.2) is 0 Å². The van der Waals surface area contributed by atoms with Crippen molar-refractivity contribution in [3.8, 4) is 0 Å². The SMILES string of the molecule is CN(C)C(=NN)NO. The molecule has 0 aliphatic heterocycles. The highest BCUT2D eigenvalue weighted by molar-refractivity contribution is 5.77. The van der Waals surface area contributed by atoms with E-state index >= 15 is 0 Å². The number of hydroxylamine groups is 1. The minimum Gasteiger partial charge on any atom is -0.346 e. The van der Waals surface area contributed by atoms with E-state index in [1.54, 1.807) is 24.5 Å². The maximum Gasteiger partial charge on any atom is 0.239 e. The Labute approximate surface area is 47.7 Å². The second-order valence-corrected chi connectivity index (χ2v) is 1.46. The highest BCUT2D eigenvalue weighted by Crippen LogP contribution is 1.71. The van der Waals surface area contributed by atoms with Crippen molar-refractivity contribution in [2.24, 2.45) is 10.9 Å². The van der Waals surface area contributed by atoms with Gasteiger partial charge < -0.3 is 10.7 Å². The molecule has 0 aromatic carbocycles. The quantitative estimate of drug-likeness (QED) is 0.161. The first kappa shape index (κ1) is 7.03. The summed E-state index contributed by atoms with van der Waals surface area (Å²) >= 11 is 0. The first-order chi connectivity index (χ1) is 3.72. The first-order valence-electron chi connectivity index (χ1n) is 2.07. The van der Waals surface area contributed by atoms with Crippen LogP contribution in [0.15, 0.2) is 5.10 Å². The van der Waals surface area contributed by atoms with Crippen LogP contribution in [0.25, 0.3) is 0 Å². The fourth-order valence-corrected chi connectivity index (χ4v) is 0.244. The van der Waals surface area contributed by atoms with Gasteiger partial charge in [-0.25, -0.2) is 5.48 Å². The first-order valence-corrected chi connectivity index (χ1v) is 2.07. The molecule has 5 heteroatoms. The average molecular weight is 118 g/mol. The summed E-state index contributed by atoms with van der Waals surface area (Å²) in [6, 6.07) is 0. The summed E-state index contributed by atoms with van der Waals surface area (Å²) in [7, 11) is 3.41. The lowest BCUT2D eigenvalue weighted by molar-refractivity contribution is 0.219. The van der Waals surface area contributed by atoms with Crippen molar-refractivity contribution in [1.29, 1.82) is 0 Å². The Kier molecular flexibility index (Phi) is 2.71. The van der Waals surface area contributed by atoms with Crippen LogP contribution in [0, 0.1) is 0 Å². The molecule has 0 fully saturated rings. The molecule has 0 radical (unpaired) electrons. The molecule has 4 N–H and O–H groups in total. The summed E-state index contributed by atoms with van der Waals surface area (Å²) in [5.74, 6) is 5.03. The van der Waals surface area contributed by atoms with Crippen LogP contribution in [0.4, 0.5) is 0 Å². The van der Waals surface area contributed by atoms with E-state index in [-0.39, 0.29) is 5.96 Å². The molecule has 0 aliphatic carbocycles. The summed E-state index contributed by atoms with van der Waals surface area (Å²) in [6.45, 7) is 0. The largest absolute Gasteiger partial charge is 0.346 e. The van der Waals surface area contributed by atoms with Crippen LogP contribution in [-0.4, -0.2) is 30.2 Å². The van der Waals surface area contributed by atoms with Crippen LogP contribution >= 0.6 is 0 Å². The van der Waals surface area contributed by atoms with Crippen LogP contribution in [0.5, 0.6) is 0 Å². The third kappa shape index (κ3) is 1.65. The lowest BCUT2D eigenvalue weighted by Crippen LogP contribution is -2.34. The second-order valence-electron chi connectivity index (χ2n) is 1.46. The third-order valence-corrected chi connectivity index (χ3v) is 0.646. The summed E-state index contributed by atoms with van der Waals surface area (Å²) in [4.78, 5) is 1.54. The Morgan fingerprint density at radius 3 is 2.25 bits per heavy atom. The maximum atomic E-state index is 8.19. The van der Waals surface area contributed by atoms with Crippen molar-refractivity contribution in [3.05, 3.63) is 0 Å². The minimum absolute atomic E-state index is 0.227. The van der Waals surface area contributed by atoms with Gasteiger partial charge in [0.1, 0.15) is 0 Å². The number of nitrogens with two attached hydrogens (primary N) is 1. The van der Waals surface area contributed by atoms with Gasteiger partial charge in [-0.05, 0) is 0 Å². The number of nitrogens with one attached hydrogen (secondary N) is 1. The molecule has 0 amide bonds. The number of guanidine groups is 1. The zero-order chi connectivity index (χ0) is 6.57. The highest BCUT2D eigenvalue weighted by Gasteiger charge is 1.94. The molecule has 0 saturated carbocycles. The summed E-state index contributed by atoms with van der Waals surface area (Å²) in [6.07, 6.45) is 0. The monoisotopic (exact) mass is 118 g/mol. The molecule has 0 aromatic rings. The zero-order valence-corrected chi connectivity index (χ0v) is 4.92. The predicted molar refractivity (Wildman–Crippen MR) is 30.2 cm³/mol. The van der Waals surface area contributed by atoms with Crippen molar-refractivity contribution in [2.45, 2.75) is 0 Å². The lowest BCUT2D eigenvalue weighted by Gasteiger charge is -2.10. The molecular formula is C3H10N4O. The highest BCUT2D eigenvalue weighted by atomic mass is 16.5. The van der Waals surface area contributed by atoms with E-state index in [1.807, 2.05) is 0 Å². The molecule has 0 spiro atoms. The maximum absolute atomic E-state index is 8.19. The van der Waals surface area contributed by atoms with E-state index in [1.165, 1.54) is 0 Å². The third-order valence-electron chi connectivity index (χ3n) is 0.646. The standard InChI is InChI=1S/C3H10N4O/c1-7(2)3(5-4)6-8/h8H,4H2,1-2H3,(H,5,6). The smallest absolute Gasteiger partial charge is 0.239 e.